The van der Waals surface area contributed by atoms with E-state index in [1.54, 1.807) is 24.3 Å². The van der Waals surface area contributed by atoms with Crippen molar-refractivity contribution in [2.24, 2.45) is 5.41 Å². The minimum absolute atomic E-state index is 0.0472. The van der Waals surface area contributed by atoms with Crippen molar-refractivity contribution >= 4 is 17.5 Å². The van der Waals surface area contributed by atoms with E-state index >= 15 is 0 Å². The average Bonchev–Trinajstić information content (AvgIpc) is 2.25. The molecule has 0 fully saturated rings. The molecule has 0 aliphatic carbocycles. The van der Waals surface area contributed by atoms with Crippen LogP contribution in [0.25, 0.3) is 0 Å². The van der Waals surface area contributed by atoms with Crippen molar-refractivity contribution in [2.75, 3.05) is 27.2 Å². The highest BCUT2D eigenvalue weighted by atomic mass is 35.5. The number of benzene rings is 1. The molecule has 1 rings (SSSR count). The first-order valence-corrected chi connectivity index (χ1v) is 6.36. The fourth-order valence-corrected chi connectivity index (χ4v) is 2.06. The molecule has 0 heterocycles. The number of hydrogen-bond acceptors (Lipinski definition) is 2. The van der Waals surface area contributed by atoms with Crippen molar-refractivity contribution < 1.29 is 4.79 Å². The van der Waals surface area contributed by atoms with Gasteiger partial charge in [0.2, 0.25) is 0 Å². The molecule has 18 heavy (non-hydrogen) atoms. The molecule has 0 bridgehead atoms. The number of halogens is 1. The fourth-order valence-electron chi connectivity index (χ4n) is 1.93. The molecule has 0 aliphatic rings. The second kappa shape index (κ2) is 6.21. The van der Waals surface area contributed by atoms with E-state index in [1.807, 2.05) is 14.1 Å². The number of amides is 1. The number of hydrogen-bond donors (Lipinski definition) is 1. The van der Waals surface area contributed by atoms with Crippen LogP contribution in [0.3, 0.4) is 0 Å². The molecule has 0 saturated carbocycles. The molecule has 0 radical (unpaired) electrons. The highest BCUT2D eigenvalue weighted by molar-refractivity contribution is 6.30. The van der Waals surface area contributed by atoms with Gasteiger partial charge in [0.05, 0.1) is 0 Å². The normalized spacial score (nSPS) is 11.7. The Balaban J connectivity index is 2.53. The zero-order chi connectivity index (χ0) is 13.8. The van der Waals surface area contributed by atoms with Crippen molar-refractivity contribution in [3.05, 3.63) is 34.9 Å². The quantitative estimate of drug-likeness (QED) is 0.891. The van der Waals surface area contributed by atoms with E-state index in [-0.39, 0.29) is 11.3 Å². The molecule has 0 atom stereocenters. The summed E-state index contributed by atoms with van der Waals surface area (Å²) < 4.78 is 0. The first-order chi connectivity index (χ1) is 8.30. The molecule has 1 aromatic rings. The zero-order valence-electron chi connectivity index (χ0n) is 11.5. The Labute approximate surface area is 114 Å². The van der Waals surface area contributed by atoms with Gasteiger partial charge >= 0.3 is 0 Å². The lowest BCUT2D eigenvalue weighted by atomic mass is 9.93. The molecule has 1 aromatic carbocycles. The molecule has 100 valence electrons. The summed E-state index contributed by atoms with van der Waals surface area (Å²) in [5.74, 6) is -0.0569. The van der Waals surface area contributed by atoms with Crippen LogP contribution in [0.5, 0.6) is 0 Å². The molecule has 0 aromatic heterocycles. The molecule has 3 nitrogen and oxygen atoms in total. The molecular formula is C14H21ClN2O. The Kier molecular flexibility index (Phi) is 5.17. The van der Waals surface area contributed by atoms with E-state index in [0.717, 1.165) is 6.54 Å². The van der Waals surface area contributed by atoms with Crippen LogP contribution in [0.15, 0.2) is 24.3 Å². The monoisotopic (exact) mass is 268 g/mol. The third-order valence-electron chi connectivity index (χ3n) is 2.58. The molecule has 4 heteroatoms. The summed E-state index contributed by atoms with van der Waals surface area (Å²) >= 11 is 5.79. The lowest BCUT2D eigenvalue weighted by Crippen LogP contribution is -2.39. The molecule has 1 amide bonds. The minimum Gasteiger partial charge on any atom is -0.351 e. The molecule has 1 N–H and O–H groups in total. The predicted octanol–water partition coefficient (Wildman–Crippen LogP) is 2.66. The number of rotatable bonds is 5. The number of carbonyl (C=O) groups excluding carboxylic acids is 1. The summed E-state index contributed by atoms with van der Waals surface area (Å²) in [5.41, 5.74) is 0.686. The van der Waals surface area contributed by atoms with Gasteiger partial charge in [-0.2, -0.15) is 0 Å². The summed E-state index contributed by atoms with van der Waals surface area (Å²) in [5, 5.41) is 3.59. The first kappa shape index (κ1) is 15.0. The van der Waals surface area contributed by atoms with Crippen molar-refractivity contribution in [3.8, 4) is 0 Å². The SMILES string of the molecule is CN(C)CC(C)(C)CNC(=O)c1ccc(Cl)cc1. The standard InChI is InChI=1S/C14H21ClN2O/c1-14(2,10-17(3)4)9-16-13(18)11-5-7-12(15)8-6-11/h5-8H,9-10H2,1-4H3,(H,16,18). The Hall–Kier alpha value is -1.06. The van der Waals surface area contributed by atoms with Gasteiger partial charge in [-0.25, -0.2) is 0 Å². The van der Waals surface area contributed by atoms with Gasteiger partial charge in [0.1, 0.15) is 0 Å². The lowest BCUT2D eigenvalue weighted by Gasteiger charge is -2.28. The van der Waals surface area contributed by atoms with E-state index in [4.69, 9.17) is 11.6 Å². The van der Waals surface area contributed by atoms with Crippen molar-refractivity contribution in [2.45, 2.75) is 13.8 Å². The van der Waals surface area contributed by atoms with Crippen LogP contribution < -0.4 is 5.32 Å². The zero-order valence-corrected chi connectivity index (χ0v) is 12.2. The van der Waals surface area contributed by atoms with Gasteiger partial charge in [0, 0.05) is 23.7 Å². The largest absolute Gasteiger partial charge is 0.351 e. The highest BCUT2D eigenvalue weighted by Crippen LogP contribution is 2.15. The van der Waals surface area contributed by atoms with Crippen LogP contribution in [0.2, 0.25) is 5.02 Å². The summed E-state index contributed by atoms with van der Waals surface area (Å²) in [6.45, 7) is 5.84. The lowest BCUT2D eigenvalue weighted by molar-refractivity contribution is 0.0929. The third-order valence-corrected chi connectivity index (χ3v) is 2.83. The molecular weight excluding hydrogens is 248 g/mol. The Morgan fingerprint density at radius 3 is 2.33 bits per heavy atom. The highest BCUT2D eigenvalue weighted by Gasteiger charge is 2.20. The van der Waals surface area contributed by atoms with Crippen LogP contribution in [0.1, 0.15) is 24.2 Å². The third kappa shape index (κ3) is 5.07. The van der Waals surface area contributed by atoms with Crippen molar-refractivity contribution in [3.63, 3.8) is 0 Å². The van der Waals surface area contributed by atoms with Crippen LogP contribution in [0, 0.1) is 5.41 Å². The van der Waals surface area contributed by atoms with Crippen LogP contribution in [-0.4, -0.2) is 38.0 Å². The van der Waals surface area contributed by atoms with E-state index in [2.05, 4.69) is 24.1 Å². The van der Waals surface area contributed by atoms with Crippen molar-refractivity contribution in [1.29, 1.82) is 0 Å². The van der Waals surface area contributed by atoms with Gasteiger partial charge in [-0.1, -0.05) is 25.4 Å². The topological polar surface area (TPSA) is 32.3 Å². The maximum atomic E-state index is 11.9. The molecule has 0 saturated heterocycles. The summed E-state index contributed by atoms with van der Waals surface area (Å²) in [6, 6.07) is 6.91. The van der Waals surface area contributed by atoms with Gasteiger partial charge in [0.25, 0.3) is 5.91 Å². The van der Waals surface area contributed by atoms with Crippen LogP contribution in [-0.2, 0) is 0 Å². The first-order valence-electron chi connectivity index (χ1n) is 5.99. The summed E-state index contributed by atoms with van der Waals surface area (Å²) in [7, 11) is 4.06. The van der Waals surface area contributed by atoms with Crippen LogP contribution in [0.4, 0.5) is 0 Å². The Morgan fingerprint density at radius 2 is 1.83 bits per heavy atom. The summed E-state index contributed by atoms with van der Waals surface area (Å²) in [6.07, 6.45) is 0. The number of nitrogens with zero attached hydrogens (tertiary/aromatic N) is 1. The Morgan fingerprint density at radius 1 is 1.28 bits per heavy atom. The van der Waals surface area contributed by atoms with E-state index in [0.29, 0.717) is 17.1 Å². The minimum atomic E-state index is -0.0569. The van der Waals surface area contributed by atoms with Crippen molar-refractivity contribution in [1.82, 2.24) is 10.2 Å². The number of carbonyl (C=O) groups is 1. The van der Waals surface area contributed by atoms with Crippen LogP contribution >= 0.6 is 11.6 Å². The van der Waals surface area contributed by atoms with E-state index in [9.17, 15) is 4.79 Å². The second-order valence-corrected chi connectivity index (χ2v) is 6.03. The van der Waals surface area contributed by atoms with E-state index < -0.39 is 0 Å². The van der Waals surface area contributed by atoms with Gasteiger partial charge in [0.15, 0.2) is 0 Å². The summed E-state index contributed by atoms with van der Waals surface area (Å²) in [4.78, 5) is 14.0. The van der Waals surface area contributed by atoms with E-state index in [1.165, 1.54) is 0 Å². The second-order valence-electron chi connectivity index (χ2n) is 5.59. The van der Waals surface area contributed by atoms with Gasteiger partial charge in [-0.05, 0) is 43.8 Å². The molecule has 0 spiro atoms. The fraction of sp³-hybridized carbons (Fsp3) is 0.500. The maximum Gasteiger partial charge on any atom is 0.251 e. The number of nitrogens with one attached hydrogen (secondary N) is 1. The van der Waals surface area contributed by atoms with Gasteiger partial charge in [-0.15, -0.1) is 0 Å². The predicted molar refractivity (Wildman–Crippen MR) is 76.1 cm³/mol. The smallest absolute Gasteiger partial charge is 0.251 e. The van der Waals surface area contributed by atoms with Gasteiger partial charge < -0.3 is 10.2 Å². The maximum absolute atomic E-state index is 11.9. The Bertz CT molecular complexity index is 399. The molecule has 0 unspecified atom stereocenters. The molecule has 0 aliphatic heterocycles. The average molecular weight is 269 g/mol. The van der Waals surface area contributed by atoms with Gasteiger partial charge in [-0.3, -0.25) is 4.79 Å².